The summed E-state index contributed by atoms with van der Waals surface area (Å²) in [7, 11) is 0. The topological polar surface area (TPSA) is 29.5 Å². The predicted molar refractivity (Wildman–Crippen MR) is 241 cm³/mol. The highest BCUT2D eigenvalue weighted by molar-refractivity contribution is 6.07. The Labute approximate surface area is 346 Å². The molecule has 0 atom stereocenters. The van der Waals surface area contributed by atoms with Crippen LogP contribution in [0, 0.1) is 41.4 Å². The van der Waals surface area contributed by atoms with E-state index in [0.29, 0.717) is 0 Å². The van der Waals surface area contributed by atoms with Crippen LogP contribution >= 0.6 is 0 Å². The first-order chi connectivity index (χ1) is 29.1. The average Bonchev–Trinajstić information content (AvgIpc) is 3.81. The van der Waals surface area contributed by atoms with Gasteiger partial charge in [-0.15, -0.1) is 0 Å². The van der Waals surface area contributed by atoms with Gasteiger partial charge in [-0.2, -0.15) is 0 Å². The minimum Gasteiger partial charge on any atom is -0.456 e. The smallest absolute Gasteiger partial charge is 0.137 e. The summed E-state index contributed by atoms with van der Waals surface area (Å²) in [5.41, 5.74) is 13.4. The molecule has 16 rings (SSSR count). The third kappa shape index (κ3) is 5.12. The molecule has 3 heteroatoms. The molecule has 292 valence electrons. The van der Waals surface area contributed by atoms with Gasteiger partial charge in [0.1, 0.15) is 22.3 Å². The maximum Gasteiger partial charge on any atom is 0.137 e. The highest BCUT2D eigenvalue weighted by Crippen LogP contribution is 2.63. The Morgan fingerprint density at radius 1 is 0.424 bits per heavy atom. The average molecular weight is 770 g/mol. The van der Waals surface area contributed by atoms with Gasteiger partial charge in [-0.25, -0.2) is 0 Å². The zero-order valence-electron chi connectivity index (χ0n) is 33.8. The van der Waals surface area contributed by atoms with Crippen molar-refractivity contribution in [2.75, 3.05) is 4.90 Å². The number of rotatable bonds is 6. The highest BCUT2D eigenvalue weighted by Gasteiger charge is 2.53. The van der Waals surface area contributed by atoms with E-state index in [4.69, 9.17) is 8.83 Å². The van der Waals surface area contributed by atoms with Crippen molar-refractivity contribution in [3.63, 3.8) is 0 Å². The van der Waals surface area contributed by atoms with Crippen LogP contribution in [0.25, 0.3) is 55.0 Å². The summed E-state index contributed by atoms with van der Waals surface area (Å²) >= 11 is 0. The van der Waals surface area contributed by atoms with Gasteiger partial charge in [0.25, 0.3) is 0 Å². The standard InChI is InChI=1S/C56H51NO2/c1-3-10-51-46(8-1)48-16-13-43(28-53(48)58-51)57(44-14-17-49-47-9-2-4-11-52(47)59-54(49)29-44)42-12-15-45(50(27-42)56-30-35-19-36(31-56)21-37(20-35)32-56)38-6-5-7-39(26-38)55-40-22-33-18-34(24-40)25-41(55)23-33/h1-17,26-29,33-37,40-41,55H,18-25,30-32H2. The summed E-state index contributed by atoms with van der Waals surface area (Å²) in [5.74, 6) is 7.08. The molecule has 8 bridgehead atoms. The van der Waals surface area contributed by atoms with Crippen molar-refractivity contribution < 1.29 is 8.83 Å². The van der Waals surface area contributed by atoms with Gasteiger partial charge in [-0.3, -0.25) is 0 Å². The first kappa shape index (κ1) is 33.5. The van der Waals surface area contributed by atoms with Crippen molar-refractivity contribution in [3.05, 3.63) is 139 Å². The number of benzene rings is 6. The van der Waals surface area contributed by atoms with Crippen LogP contribution < -0.4 is 4.90 Å². The molecule has 0 unspecified atom stereocenters. The van der Waals surface area contributed by atoms with Crippen LogP contribution in [0.2, 0.25) is 0 Å². The second kappa shape index (κ2) is 12.4. The van der Waals surface area contributed by atoms with Gasteiger partial charge < -0.3 is 13.7 Å². The van der Waals surface area contributed by atoms with E-state index in [1.54, 1.807) is 11.1 Å². The Hall–Kier alpha value is -5.28. The summed E-state index contributed by atoms with van der Waals surface area (Å²) in [4.78, 5) is 2.47. The molecule has 0 saturated heterocycles. The van der Waals surface area contributed by atoms with Gasteiger partial charge in [0.15, 0.2) is 0 Å². The normalized spacial score (nSPS) is 30.4. The minimum atomic E-state index is 0.218. The van der Waals surface area contributed by atoms with Crippen LogP contribution in [-0.2, 0) is 5.41 Å². The van der Waals surface area contributed by atoms with Crippen LogP contribution in [0.4, 0.5) is 17.1 Å². The monoisotopic (exact) mass is 769 g/mol. The summed E-state index contributed by atoms with van der Waals surface area (Å²) in [6.07, 6.45) is 15.7. The van der Waals surface area contributed by atoms with Crippen LogP contribution in [0.15, 0.2) is 136 Å². The quantitative estimate of drug-likeness (QED) is 0.169. The molecule has 0 spiro atoms. The molecular formula is C56H51NO2. The molecule has 6 aromatic carbocycles. The molecule has 0 N–H and O–H groups in total. The molecular weight excluding hydrogens is 719 g/mol. The number of anilines is 3. The van der Waals surface area contributed by atoms with E-state index < -0.39 is 0 Å². The Morgan fingerprint density at radius 3 is 1.53 bits per heavy atom. The number of para-hydroxylation sites is 2. The van der Waals surface area contributed by atoms with Crippen molar-refractivity contribution in [3.8, 4) is 11.1 Å². The number of nitrogens with zero attached hydrogens (tertiary/aromatic N) is 1. The summed E-state index contributed by atoms with van der Waals surface area (Å²) in [6.45, 7) is 0. The second-order valence-corrected chi connectivity index (χ2v) is 20.4. The van der Waals surface area contributed by atoms with Crippen molar-refractivity contribution in [2.45, 2.75) is 82.0 Å². The lowest BCUT2D eigenvalue weighted by molar-refractivity contribution is -0.00494. The van der Waals surface area contributed by atoms with E-state index in [0.717, 1.165) is 103 Å². The largest absolute Gasteiger partial charge is 0.456 e. The Balaban J connectivity index is 0.956. The molecule has 8 aliphatic carbocycles. The SMILES string of the molecule is c1cc(-c2ccc(N(c3ccc4c(c3)oc3ccccc34)c3ccc4c(c3)oc3ccccc34)cc2C23CC4CC(CC(C4)C2)C3)cc(C2C3CC4CC(C3)CC2C4)c1. The van der Waals surface area contributed by atoms with Crippen LogP contribution in [-0.4, -0.2) is 0 Å². The van der Waals surface area contributed by atoms with Gasteiger partial charge in [0, 0.05) is 50.7 Å². The van der Waals surface area contributed by atoms with Crippen LogP contribution in [0.1, 0.15) is 87.7 Å². The van der Waals surface area contributed by atoms with E-state index >= 15 is 0 Å². The first-order valence-electron chi connectivity index (χ1n) is 23.0. The molecule has 8 saturated carbocycles. The van der Waals surface area contributed by atoms with Crippen molar-refractivity contribution in [1.29, 1.82) is 0 Å². The van der Waals surface area contributed by atoms with E-state index in [-0.39, 0.29) is 5.41 Å². The van der Waals surface area contributed by atoms with Crippen molar-refractivity contribution >= 4 is 60.9 Å². The summed E-state index contributed by atoms with van der Waals surface area (Å²) in [5, 5.41) is 4.63. The maximum absolute atomic E-state index is 6.54. The van der Waals surface area contributed by atoms with E-state index in [1.807, 2.05) is 0 Å². The third-order valence-corrected chi connectivity index (χ3v) is 16.9. The number of hydrogen-bond acceptors (Lipinski definition) is 3. The molecule has 0 amide bonds. The lowest BCUT2D eigenvalue weighted by Gasteiger charge is -2.57. The molecule has 3 nitrogen and oxygen atoms in total. The fourth-order valence-corrected chi connectivity index (χ4v) is 15.3. The third-order valence-electron chi connectivity index (χ3n) is 16.9. The van der Waals surface area contributed by atoms with Gasteiger partial charge in [0.05, 0.1) is 0 Å². The molecule has 8 aromatic rings. The van der Waals surface area contributed by atoms with Gasteiger partial charge >= 0.3 is 0 Å². The van der Waals surface area contributed by atoms with Crippen molar-refractivity contribution in [2.24, 2.45) is 41.4 Å². The number of furan rings is 2. The molecule has 2 heterocycles. The molecule has 59 heavy (non-hydrogen) atoms. The lowest BCUT2D eigenvalue weighted by atomic mass is 9.47. The van der Waals surface area contributed by atoms with Crippen LogP contribution in [0.3, 0.4) is 0 Å². The summed E-state index contributed by atoms with van der Waals surface area (Å²) in [6, 6.07) is 48.0. The van der Waals surface area contributed by atoms with Crippen molar-refractivity contribution in [1.82, 2.24) is 0 Å². The summed E-state index contributed by atoms with van der Waals surface area (Å²) < 4.78 is 13.1. The fraction of sp³-hybridized carbons (Fsp3) is 0.357. The zero-order valence-corrected chi connectivity index (χ0v) is 33.8. The predicted octanol–water partition coefficient (Wildman–Crippen LogP) is 15.6. The number of hydrogen-bond donors (Lipinski definition) is 0. The molecule has 8 aliphatic rings. The van der Waals surface area contributed by atoms with E-state index in [9.17, 15) is 0 Å². The number of fused-ring (bicyclic) bond motifs is 6. The first-order valence-corrected chi connectivity index (χ1v) is 23.0. The highest BCUT2D eigenvalue weighted by atomic mass is 16.3. The minimum absolute atomic E-state index is 0.218. The van der Waals surface area contributed by atoms with Gasteiger partial charge in [-0.05, 0) is 194 Å². The van der Waals surface area contributed by atoms with Crippen LogP contribution in [0.5, 0.6) is 0 Å². The molecule has 0 aliphatic heterocycles. The Morgan fingerprint density at radius 2 is 0.932 bits per heavy atom. The molecule has 2 aromatic heterocycles. The molecule has 0 radical (unpaired) electrons. The fourth-order valence-electron chi connectivity index (χ4n) is 15.3. The Bertz CT molecular complexity index is 2800. The lowest BCUT2D eigenvalue weighted by Crippen LogP contribution is -2.48. The molecule has 8 fully saturated rings. The van der Waals surface area contributed by atoms with Gasteiger partial charge in [0.2, 0.25) is 0 Å². The Kier molecular flexibility index (Phi) is 7.04. The van der Waals surface area contributed by atoms with Gasteiger partial charge in [-0.1, -0.05) is 66.7 Å². The second-order valence-electron chi connectivity index (χ2n) is 20.4. The van der Waals surface area contributed by atoms with E-state index in [2.05, 4.69) is 132 Å². The van der Waals surface area contributed by atoms with E-state index in [1.165, 1.54) is 87.4 Å². The maximum atomic E-state index is 6.54. The zero-order chi connectivity index (χ0) is 38.4.